The van der Waals surface area contributed by atoms with Crippen molar-refractivity contribution in [1.82, 2.24) is 10.3 Å². The summed E-state index contributed by atoms with van der Waals surface area (Å²) < 4.78 is 5.56. The van der Waals surface area contributed by atoms with Gasteiger partial charge >= 0.3 is 0 Å². The van der Waals surface area contributed by atoms with Gasteiger partial charge in [0.15, 0.2) is 0 Å². The van der Waals surface area contributed by atoms with Gasteiger partial charge in [0.25, 0.3) is 0 Å². The first-order valence-corrected chi connectivity index (χ1v) is 5.42. The molecule has 0 spiro atoms. The van der Waals surface area contributed by atoms with Gasteiger partial charge in [-0.3, -0.25) is 0 Å². The van der Waals surface area contributed by atoms with Crippen LogP contribution in [0.4, 0.5) is 0 Å². The Kier molecular flexibility index (Phi) is 2.93. The second kappa shape index (κ2) is 4.17. The average Bonchev–Trinajstić information content (AvgIpc) is 2.70. The molecule has 0 bridgehead atoms. The molecule has 1 unspecified atom stereocenters. The lowest BCUT2D eigenvalue weighted by atomic mass is 10.2. The van der Waals surface area contributed by atoms with Gasteiger partial charge in [-0.25, -0.2) is 4.98 Å². The molecule has 2 heterocycles. The van der Waals surface area contributed by atoms with E-state index in [2.05, 4.69) is 10.3 Å². The Hall–Kier alpha value is -0.450. The lowest BCUT2D eigenvalue weighted by molar-refractivity contribution is 0.111. The largest absolute Gasteiger partial charge is 0.371 e. The van der Waals surface area contributed by atoms with E-state index < -0.39 is 0 Å². The van der Waals surface area contributed by atoms with Crippen molar-refractivity contribution in [3.05, 3.63) is 16.1 Å². The number of hydrogen-bond donors (Lipinski definition) is 1. The minimum absolute atomic E-state index is 0.274. The van der Waals surface area contributed by atoms with Gasteiger partial charge in [-0.15, -0.1) is 11.3 Å². The number of nitrogens with zero attached hydrogens (tertiary/aromatic N) is 1. The van der Waals surface area contributed by atoms with E-state index in [0.717, 1.165) is 24.6 Å². The predicted molar refractivity (Wildman–Crippen MR) is 52.8 cm³/mol. The van der Waals surface area contributed by atoms with Crippen LogP contribution in [0.2, 0.25) is 0 Å². The van der Waals surface area contributed by atoms with E-state index in [4.69, 9.17) is 4.74 Å². The van der Waals surface area contributed by atoms with E-state index in [1.165, 1.54) is 11.3 Å². The summed E-state index contributed by atoms with van der Waals surface area (Å²) in [5, 5.41) is 4.26. The highest BCUT2D eigenvalue weighted by Gasteiger charge is 2.20. The second-order valence-corrected chi connectivity index (χ2v) is 4.34. The van der Waals surface area contributed by atoms with E-state index in [-0.39, 0.29) is 6.10 Å². The van der Waals surface area contributed by atoms with Gasteiger partial charge in [0.1, 0.15) is 11.1 Å². The SMILES string of the molecule is CNCc1cnc(C2CCCO2)s1. The summed E-state index contributed by atoms with van der Waals surface area (Å²) in [4.78, 5) is 5.66. The minimum atomic E-state index is 0.274. The van der Waals surface area contributed by atoms with Crippen LogP contribution in [0.15, 0.2) is 6.20 Å². The number of hydrogen-bond acceptors (Lipinski definition) is 4. The Balaban J connectivity index is 2.03. The number of ether oxygens (including phenoxy) is 1. The molecule has 1 N–H and O–H groups in total. The molecule has 0 aromatic carbocycles. The van der Waals surface area contributed by atoms with Gasteiger partial charge in [0.2, 0.25) is 0 Å². The van der Waals surface area contributed by atoms with E-state index in [1.54, 1.807) is 11.3 Å². The predicted octanol–water partition coefficient (Wildman–Crippen LogP) is 1.71. The fourth-order valence-electron chi connectivity index (χ4n) is 1.50. The monoisotopic (exact) mass is 198 g/mol. The molecule has 0 radical (unpaired) electrons. The quantitative estimate of drug-likeness (QED) is 0.803. The molecule has 1 aliphatic heterocycles. The van der Waals surface area contributed by atoms with Crippen molar-refractivity contribution in [3.63, 3.8) is 0 Å². The van der Waals surface area contributed by atoms with Gasteiger partial charge in [0, 0.05) is 24.2 Å². The van der Waals surface area contributed by atoms with Crippen LogP contribution in [-0.2, 0) is 11.3 Å². The van der Waals surface area contributed by atoms with Crippen molar-refractivity contribution in [2.24, 2.45) is 0 Å². The van der Waals surface area contributed by atoms with Crippen LogP contribution >= 0.6 is 11.3 Å². The Morgan fingerprint density at radius 3 is 3.38 bits per heavy atom. The fraction of sp³-hybridized carbons (Fsp3) is 0.667. The zero-order chi connectivity index (χ0) is 9.10. The van der Waals surface area contributed by atoms with Crippen LogP contribution < -0.4 is 5.32 Å². The third-order valence-corrected chi connectivity index (χ3v) is 3.22. The molecular formula is C9H14N2OS. The van der Waals surface area contributed by atoms with Crippen LogP contribution in [0, 0.1) is 0 Å². The summed E-state index contributed by atoms with van der Waals surface area (Å²) in [5.41, 5.74) is 0. The summed E-state index contributed by atoms with van der Waals surface area (Å²) in [5.74, 6) is 0. The van der Waals surface area contributed by atoms with Crippen LogP contribution in [0.1, 0.15) is 28.8 Å². The fourth-order valence-corrected chi connectivity index (χ4v) is 2.51. The van der Waals surface area contributed by atoms with Gasteiger partial charge < -0.3 is 10.1 Å². The minimum Gasteiger partial charge on any atom is -0.371 e. The summed E-state index contributed by atoms with van der Waals surface area (Å²) >= 11 is 1.76. The van der Waals surface area contributed by atoms with Crippen molar-refractivity contribution < 1.29 is 4.74 Å². The molecule has 2 rings (SSSR count). The smallest absolute Gasteiger partial charge is 0.122 e. The summed E-state index contributed by atoms with van der Waals surface area (Å²) in [6, 6.07) is 0. The molecule has 1 aromatic rings. The third-order valence-electron chi connectivity index (χ3n) is 2.13. The van der Waals surface area contributed by atoms with Crippen molar-refractivity contribution >= 4 is 11.3 Å². The first kappa shape index (κ1) is 9.12. The summed E-state index contributed by atoms with van der Waals surface area (Å²) in [7, 11) is 1.95. The third kappa shape index (κ3) is 2.07. The Bertz CT molecular complexity index is 268. The molecule has 0 aliphatic carbocycles. The summed E-state index contributed by atoms with van der Waals surface area (Å²) in [6.07, 6.45) is 4.52. The molecule has 1 aliphatic rings. The van der Waals surface area contributed by atoms with Gasteiger partial charge in [-0.1, -0.05) is 0 Å². The molecule has 1 atom stereocenters. The standard InChI is InChI=1S/C9H14N2OS/c1-10-5-7-6-11-9(13-7)8-3-2-4-12-8/h6,8,10H,2-5H2,1H3. The zero-order valence-corrected chi connectivity index (χ0v) is 8.56. The van der Waals surface area contributed by atoms with E-state index in [9.17, 15) is 0 Å². The first-order valence-electron chi connectivity index (χ1n) is 4.61. The maximum atomic E-state index is 5.56. The Morgan fingerprint density at radius 2 is 2.69 bits per heavy atom. The average molecular weight is 198 g/mol. The van der Waals surface area contributed by atoms with Crippen molar-refractivity contribution in [3.8, 4) is 0 Å². The maximum Gasteiger partial charge on any atom is 0.122 e. The molecule has 0 saturated carbocycles. The van der Waals surface area contributed by atoms with Crippen molar-refractivity contribution in [2.75, 3.05) is 13.7 Å². The first-order chi connectivity index (χ1) is 6.40. The molecule has 72 valence electrons. The topological polar surface area (TPSA) is 34.2 Å². The Labute approximate surface area is 82.1 Å². The second-order valence-electron chi connectivity index (χ2n) is 3.20. The van der Waals surface area contributed by atoms with Crippen molar-refractivity contribution in [2.45, 2.75) is 25.5 Å². The summed E-state index contributed by atoms with van der Waals surface area (Å²) in [6.45, 7) is 1.80. The lowest BCUT2D eigenvalue weighted by Gasteiger charge is -2.03. The van der Waals surface area contributed by atoms with Crippen LogP contribution in [0.5, 0.6) is 0 Å². The highest BCUT2D eigenvalue weighted by Crippen LogP contribution is 2.31. The lowest BCUT2D eigenvalue weighted by Crippen LogP contribution is -2.02. The molecule has 1 fully saturated rings. The van der Waals surface area contributed by atoms with E-state index in [1.807, 2.05) is 13.2 Å². The zero-order valence-electron chi connectivity index (χ0n) is 7.75. The van der Waals surface area contributed by atoms with Crippen LogP contribution in [-0.4, -0.2) is 18.6 Å². The number of aromatic nitrogens is 1. The number of nitrogens with one attached hydrogen (secondary N) is 1. The van der Waals surface area contributed by atoms with E-state index in [0.29, 0.717) is 0 Å². The molecule has 3 nitrogen and oxygen atoms in total. The molecular weight excluding hydrogens is 184 g/mol. The van der Waals surface area contributed by atoms with E-state index >= 15 is 0 Å². The van der Waals surface area contributed by atoms with Gasteiger partial charge in [-0.2, -0.15) is 0 Å². The van der Waals surface area contributed by atoms with Crippen LogP contribution in [0.25, 0.3) is 0 Å². The number of rotatable bonds is 3. The molecule has 4 heteroatoms. The molecule has 1 saturated heterocycles. The highest BCUT2D eigenvalue weighted by molar-refractivity contribution is 7.11. The van der Waals surface area contributed by atoms with Gasteiger partial charge in [0.05, 0.1) is 0 Å². The number of thiazole rings is 1. The highest BCUT2D eigenvalue weighted by atomic mass is 32.1. The molecule has 1 aromatic heterocycles. The normalized spacial score (nSPS) is 22.4. The van der Waals surface area contributed by atoms with Gasteiger partial charge in [-0.05, 0) is 19.9 Å². The van der Waals surface area contributed by atoms with Crippen molar-refractivity contribution in [1.29, 1.82) is 0 Å². The molecule has 13 heavy (non-hydrogen) atoms. The maximum absolute atomic E-state index is 5.56. The Morgan fingerprint density at radius 1 is 1.77 bits per heavy atom. The molecule has 0 amide bonds. The van der Waals surface area contributed by atoms with Crippen LogP contribution in [0.3, 0.4) is 0 Å².